The first-order valence-electron chi connectivity index (χ1n) is 5.85. The van der Waals surface area contributed by atoms with E-state index in [0.717, 1.165) is 17.1 Å². The van der Waals surface area contributed by atoms with Crippen molar-refractivity contribution in [1.29, 1.82) is 0 Å². The molecule has 0 saturated heterocycles. The summed E-state index contributed by atoms with van der Waals surface area (Å²) in [5.74, 6) is 0.870. The van der Waals surface area contributed by atoms with E-state index in [9.17, 15) is 4.79 Å². The standard InChI is InChI=1S/C13H15N3O3/c1-7-4-10(9(3)19-7)8(2)16-12-11(13(17)18)5-14-6-15-12/h4-6,8H,1-3H3,(H,17,18)(H,14,15,16). The zero-order chi connectivity index (χ0) is 14.0. The van der Waals surface area contributed by atoms with Gasteiger partial charge in [0.05, 0.1) is 6.04 Å². The van der Waals surface area contributed by atoms with Crippen LogP contribution in [0.2, 0.25) is 0 Å². The van der Waals surface area contributed by atoms with E-state index in [0.29, 0.717) is 5.82 Å². The van der Waals surface area contributed by atoms with Gasteiger partial charge in [-0.2, -0.15) is 0 Å². The maximum absolute atomic E-state index is 11.1. The van der Waals surface area contributed by atoms with Gasteiger partial charge in [-0.05, 0) is 26.8 Å². The number of carboxylic acids is 1. The molecule has 0 bridgehead atoms. The molecule has 0 aromatic carbocycles. The van der Waals surface area contributed by atoms with E-state index >= 15 is 0 Å². The second-order valence-electron chi connectivity index (χ2n) is 4.32. The monoisotopic (exact) mass is 261 g/mol. The highest BCUT2D eigenvalue weighted by atomic mass is 16.4. The minimum Gasteiger partial charge on any atom is -0.477 e. The predicted octanol–water partition coefficient (Wildman–Crippen LogP) is 2.56. The number of anilines is 1. The van der Waals surface area contributed by atoms with Gasteiger partial charge < -0.3 is 14.8 Å². The fourth-order valence-corrected chi connectivity index (χ4v) is 1.96. The Bertz CT molecular complexity index is 607. The van der Waals surface area contributed by atoms with Crippen molar-refractivity contribution in [3.05, 3.63) is 41.2 Å². The van der Waals surface area contributed by atoms with Crippen LogP contribution in [0.25, 0.3) is 0 Å². The summed E-state index contributed by atoms with van der Waals surface area (Å²) in [5, 5.41) is 12.1. The number of hydrogen-bond donors (Lipinski definition) is 2. The van der Waals surface area contributed by atoms with Gasteiger partial charge in [0.2, 0.25) is 0 Å². The summed E-state index contributed by atoms with van der Waals surface area (Å²) in [5.41, 5.74) is 1.03. The Morgan fingerprint density at radius 2 is 2.21 bits per heavy atom. The predicted molar refractivity (Wildman–Crippen MR) is 69.2 cm³/mol. The molecule has 2 aromatic rings. The molecule has 6 nitrogen and oxygen atoms in total. The van der Waals surface area contributed by atoms with Crippen molar-refractivity contribution in [1.82, 2.24) is 9.97 Å². The lowest BCUT2D eigenvalue weighted by atomic mass is 10.1. The molecular formula is C13H15N3O3. The van der Waals surface area contributed by atoms with Gasteiger partial charge >= 0.3 is 5.97 Å². The number of nitrogens with one attached hydrogen (secondary N) is 1. The van der Waals surface area contributed by atoms with Crippen LogP contribution in [-0.4, -0.2) is 21.0 Å². The number of aromatic nitrogens is 2. The number of aryl methyl sites for hydroxylation is 2. The highest BCUT2D eigenvalue weighted by Crippen LogP contribution is 2.25. The molecule has 2 aromatic heterocycles. The summed E-state index contributed by atoms with van der Waals surface area (Å²) >= 11 is 0. The minimum absolute atomic E-state index is 0.0484. The molecule has 1 unspecified atom stereocenters. The van der Waals surface area contributed by atoms with E-state index in [2.05, 4.69) is 15.3 Å². The van der Waals surface area contributed by atoms with E-state index in [1.54, 1.807) is 0 Å². The molecule has 0 aliphatic carbocycles. The van der Waals surface area contributed by atoms with Crippen molar-refractivity contribution in [2.24, 2.45) is 0 Å². The second kappa shape index (κ2) is 5.09. The van der Waals surface area contributed by atoms with Crippen LogP contribution in [0.1, 0.15) is 40.4 Å². The summed E-state index contributed by atoms with van der Waals surface area (Å²) in [4.78, 5) is 18.8. The topological polar surface area (TPSA) is 88.2 Å². The van der Waals surface area contributed by atoms with Gasteiger partial charge in [0.25, 0.3) is 0 Å². The van der Waals surface area contributed by atoms with E-state index in [1.807, 2.05) is 26.8 Å². The van der Waals surface area contributed by atoms with Gasteiger partial charge in [-0.15, -0.1) is 0 Å². The molecule has 1 atom stereocenters. The van der Waals surface area contributed by atoms with Crippen LogP contribution in [0.15, 0.2) is 23.0 Å². The van der Waals surface area contributed by atoms with Crippen LogP contribution in [0.3, 0.4) is 0 Å². The van der Waals surface area contributed by atoms with Crippen molar-refractivity contribution in [2.75, 3.05) is 5.32 Å². The molecule has 2 N–H and O–H groups in total. The van der Waals surface area contributed by atoms with Gasteiger partial charge in [-0.1, -0.05) is 0 Å². The van der Waals surface area contributed by atoms with Crippen LogP contribution in [0, 0.1) is 13.8 Å². The molecule has 0 aliphatic rings. The lowest BCUT2D eigenvalue weighted by molar-refractivity contribution is 0.0697. The van der Waals surface area contributed by atoms with Crippen LogP contribution < -0.4 is 5.32 Å². The summed E-state index contributed by atoms with van der Waals surface area (Å²) in [6.45, 7) is 5.67. The summed E-state index contributed by atoms with van der Waals surface area (Å²) in [6.07, 6.45) is 2.59. The first-order valence-corrected chi connectivity index (χ1v) is 5.85. The fourth-order valence-electron chi connectivity index (χ4n) is 1.96. The Labute approximate surface area is 110 Å². The van der Waals surface area contributed by atoms with E-state index in [-0.39, 0.29) is 11.6 Å². The second-order valence-corrected chi connectivity index (χ2v) is 4.32. The number of carbonyl (C=O) groups is 1. The first-order chi connectivity index (χ1) is 8.99. The zero-order valence-electron chi connectivity index (χ0n) is 11.0. The van der Waals surface area contributed by atoms with Crippen LogP contribution in [-0.2, 0) is 0 Å². The zero-order valence-corrected chi connectivity index (χ0v) is 11.0. The van der Waals surface area contributed by atoms with Gasteiger partial charge in [0.1, 0.15) is 29.2 Å². The minimum atomic E-state index is -1.06. The Hall–Kier alpha value is -2.37. The van der Waals surface area contributed by atoms with Crippen LogP contribution >= 0.6 is 0 Å². The van der Waals surface area contributed by atoms with Gasteiger partial charge in [0, 0.05) is 11.8 Å². The van der Waals surface area contributed by atoms with Gasteiger partial charge in [0.15, 0.2) is 0 Å². The third-order valence-corrected chi connectivity index (χ3v) is 2.84. The van der Waals surface area contributed by atoms with Crippen molar-refractivity contribution >= 4 is 11.8 Å². The third kappa shape index (κ3) is 2.73. The van der Waals surface area contributed by atoms with E-state index < -0.39 is 5.97 Å². The lowest BCUT2D eigenvalue weighted by Crippen LogP contribution is -2.12. The van der Waals surface area contributed by atoms with Crippen LogP contribution in [0.4, 0.5) is 5.82 Å². The molecule has 0 radical (unpaired) electrons. The Morgan fingerprint density at radius 3 is 2.79 bits per heavy atom. The molecule has 100 valence electrons. The van der Waals surface area contributed by atoms with Crippen molar-refractivity contribution in [3.63, 3.8) is 0 Å². The van der Waals surface area contributed by atoms with E-state index in [1.165, 1.54) is 12.5 Å². The van der Waals surface area contributed by atoms with Crippen molar-refractivity contribution in [2.45, 2.75) is 26.8 Å². The lowest BCUT2D eigenvalue weighted by Gasteiger charge is -2.14. The molecule has 19 heavy (non-hydrogen) atoms. The van der Waals surface area contributed by atoms with Crippen molar-refractivity contribution < 1.29 is 14.3 Å². The smallest absolute Gasteiger partial charge is 0.341 e. The number of hydrogen-bond acceptors (Lipinski definition) is 5. The summed E-state index contributed by atoms with van der Waals surface area (Å²) < 4.78 is 5.46. The van der Waals surface area contributed by atoms with Crippen LogP contribution in [0.5, 0.6) is 0 Å². The maximum Gasteiger partial charge on any atom is 0.341 e. The number of rotatable bonds is 4. The first kappa shape index (κ1) is 13.1. The third-order valence-electron chi connectivity index (χ3n) is 2.84. The van der Waals surface area contributed by atoms with Gasteiger partial charge in [-0.3, -0.25) is 0 Å². The molecule has 2 heterocycles. The largest absolute Gasteiger partial charge is 0.477 e. The molecule has 2 rings (SSSR count). The average molecular weight is 261 g/mol. The molecule has 0 amide bonds. The number of aromatic carboxylic acids is 1. The fraction of sp³-hybridized carbons (Fsp3) is 0.308. The summed E-state index contributed by atoms with van der Waals surface area (Å²) in [6, 6.07) is 1.82. The maximum atomic E-state index is 11.1. The molecule has 0 saturated carbocycles. The average Bonchev–Trinajstić information content (AvgIpc) is 2.69. The highest BCUT2D eigenvalue weighted by molar-refractivity contribution is 5.92. The Kier molecular flexibility index (Phi) is 3.50. The number of carboxylic acid groups (broad SMARTS) is 1. The number of furan rings is 1. The molecule has 6 heteroatoms. The van der Waals surface area contributed by atoms with Gasteiger partial charge in [-0.25, -0.2) is 14.8 Å². The van der Waals surface area contributed by atoms with E-state index in [4.69, 9.17) is 9.52 Å². The Morgan fingerprint density at radius 1 is 1.47 bits per heavy atom. The molecule has 0 fully saturated rings. The summed E-state index contributed by atoms with van der Waals surface area (Å²) in [7, 11) is 0. The molecule has 0 aliphatic heterocycles. The molecule has 0 spiro atoms. The molecular weight excluding hydrogens is 246 g/mol. The quantitative estimate of drug-likeness (QED) is 0.879. The van der Waals surface area contributed by atoms with Crippen molar-refractivity contribution in [3.8, 4) is 0 Å². The normalized spacial score (nSPS) is 12.2. The number of nitrogens with zero attached hydrogens (tertiary/aromatic N) is 2. The SMILES string of the molecule is Cc1cc(C(C)Nc2ncncc2C(=O)O)c(C)o1. The Balaban J connectivity index is 2.26. The highest BCUT2D eigenvalue weighted by Gasteiger charge is 2.17.